The number of aliphatic carboxylic acids is 1. The van der Waals surface area contributed by atoms with E-state index in [0.717, 1.165) is 0 Å². The number of aromatic nitrogens is 2. The third kappa shape index (κ3) is 3.25. The molecule has 2 aromatic rings. The van der Waals surface area contributed by atoms with Crippen molar-refractivity contribution >= 4 is 29.2 Å². The molecule has 0 atom stereocenters. The van der Waals surface area contributed by atoms with E-state index in [1.807, 2.05) is 0 Å². The summed E-state index contributed by atoms with van der Waals surface area (Å²) in [4.78, 5) is 27.0. The van der Waals surface area contributed by atoms with Crippen molar-refractivity contribution in [3.8, 4) is 5.69 Å². The Morgan fingerprint density at radius 2 is 1.81 bits per heavy atom. The monoisotopic (exact) mass is 326 g/mol. The predicted molar refractivity (Wildman–Crippen MR) is 80.7 cm³/mol. The van der Waals surface area contributed by atoms with Gasteiger partial charge in [-0.25, -0.2) is 4.79 Å². The molecular weight excluding hydrogens is 315 g/mol. The van der Waals surface area contributed by atoms with E-state index in [4.69, 9.17) is 28.3 Å². The second kappa shape index (κ2) is 5.87. The van der Waals surface area contributed by atoms with Gasteiger partial charge in [0.15, 0.2) is 0 Å². The van der Waals surface area contributed by atoms with Gasteiger partial charge in [0.1, 0.15) is 0 Å². The molecule has 2 rings (SSSR count). The molecule has 0 spiro atoms. The third-order valence-electron chi connectivity index (χ3n) is 3.10. The van der Waals surface area contributed by atoms with Crippen LogP contribution >= 0.6 is 23.2 Å². The molecule has 110 valence electrons. The van der Waals surface area contributed by atoms with E-state index in [9.17, 15) is 9.59 Å². The first-order valence-electron chi connectivity index (χ1n) is 6.07. The first-order valence-corrected chi connectivity index (χ1v) is 6.82. The summed E-state index contributed by atoms with van der Waals surface area (Å²) < 4.78 is 1.31. The fourth-order valence-corrected chi connectivity index (χ4v) is 2.70. The molecule has 7 heteroatoms. The zero-order valence-corrected chi connectivity index (χ0v) is 12.9. The second-order valence-corrected chi connectivity index (χ2v) is 5.45. The molecule has 1 heterocycles. The van der Waals surface area contributed by atoms with Crippen LogP contribution in [-0.2, 0) is 11.2 Å². The maximum atomic E-state index is 12.1. The van der Waals surface area contributed by atoms with E-state index >= 15 is 0 Å². The summed E-state index contributed by atoms with van der Waals surface area (Å²) >= 11 is 11.9. The minimum absolute atomic E-state index is 0.209. The van der Waals surface area contributed by atoms with E-state index in [-0.39, 0.29) is 6.42 Å². The Balaban J connectivity index is 2.74. The van der Waals surface area contributed by atoms with Crippen molar-refractivity contribution in [2.75, 3.05) is 0 Å². The van der Waals surface area contributed by atoms with Crippen molar-refractivity contribution in [3.63, 3.8) is 0 Å². The van der Waals surface area contributed by atoms with Gasteiger partial charge in [0, 0.05) is 27.0 Å². The summed E-state index contributed by atoms with van der Waals surface area (Å²) in [6.45, 7) is 3.28. The van der Waals surface area contributed by atoms with Gasteiger partial charge in [0.2, 0.25) is 0 Å². The van der Waals surface area contributed by atoms with Crippen LogP contribution in [0.5, 0.6) is 0 Å². The number of halogens is 2. The molecule has 0 saturated carbocycles. The van der Waals surface area contributed by atoms with Gasteiger partial charge in [-0.1, -0.05) is 23.2 Å². The van der Waals surface area contributed by atoms with E-state index in [2.05, 4.69) is 4.98 Å². The molecule has 0 aliphatic rings. The van der Waals surface area contributed by atoms with Crippen LogP contribution in [0.25, 0.3) is 5.69 Å². The predicted octanol–water partition coefficient (Wildman–Crippen LogP) is 2.78. The lowest BCUT2D eigenvalue weighted by Gasteiger charge is -2.15. The molecule has 0 bridgehead atoms. The smallest absolute Gasteiger partial charge is 0.352 e. The molecule has 0 radical (unpaired) electrons. The number of hydrogen-bond donors (Lipinski definition) is 1. The number of hydrogen-bond acceptors (Lipinski definition) is 3. The van der Waals surface area contributed by atoms with Crippen molar-refractivity contribution in [1.29, 1.82) is 0 Å². The summed E-state index contributed by atoms with van der Waals surface area (Å²) in [5, 5.41) is 9.74. The molecular formula is C14H12Cl2N2O3. The zero-order chi connectivity index (χ0) is 15.7. The Morgan fingerprint density at radius 1 is 1.24 bits per heavy atom. The normalized spacial score (nSPS) is 10.7. The Hall–Kier alpha value is -1.85. The van der Waals surface area contributed by atoms with Gasteiger partial charge in [-0.2, -0.15) is 4.98 Å². The van der Waals surface area contributed by atoms with Crippen LogP contribution < -0.4 is 5.69 Å². The number of carboxylic acids is 1. The van der Waals surface area contributed by atoms with E-state index < -0.39 is 11.7 Å². The van der Waals surface area contributed by atoms with Crippen LogP contribution in [0.1, 0.15) is 17.0 Å². The average molecular weight is 327 g/mol. The van der Waals surface area contributed by atoms with Gasteiger partial charge >= 0.3 is 11.7 Å². The minimum Gasteiger partial charge on any atom is -0.481 e. The molecule has 21 heavy (non-hydrogen) atoms. The van der Waals surface area contributed by atoms with Crippen LogP contribution in [0.2, 0.25) is 10.0 Å². The summed E-state index contributed by atoms with van der Waals surface area (Å²) in [6.07, 6.45) is -0.209. The second-order valence-electron chi connectivity index (χ2n) is 4.58. The highest BCUT2D eigenvalue weighted by Gasteiger charge is 2.15. The van der Waals surface area contributed by atoms with Gasteiger partial charge in [0.25, 0.3) is 0 Å². The van der Waals surface area contributed by atoms with E-state index in [0.29, 0.717) is 32.7 Å². The number of nitrogens with zero attached hydrogens (tertiary/aromatic N) is 2. The minimum atomic E-state index is -0.989. The van der Waals surface area contributed by atoms with Crippen LogP contribution in [0.4, 0.5) is 0 Å². The molecule has 0 unspecified atom stereocenters. The molecule has 1 aromatic heterocycles. The topological polar surface area (TPSA) is 72.2 Å². The number of aryl methyl sites for hydroxylation is 1. The Bertz CT molecular complexity index is 764. The lowest BCUT2D eigenvalue weighted by molar-refractivity contribution is -0.136. The lowest BCUT2D eigenvalue weighted by atomic mass is 10.1. The van der Waals surface area contributed by atoms with Crippen LogP contribution in [-0.4, -0.2) is 20.6 Å². The number of rotatable bonds is 3. The van der Waals surface area contributed by atoms with Gasteiger partial charge in [-0.15, -0.1) is 0 Å². The van der Waals surface area contributed by atoms with Gasteiger partial charge < -0.3 is 5.11 Å². The van der Waals surface area contributed by atoms with E-state index in [1.165, 1.54) is 4.57 Å². The maximum absolute atomic E-state index is 12.1. The van der Waals surface area contributed by atoms with Gasteiger partial charge in [-0.05, 0) is 32.0 Å². The van der Waals surface area contributed by atoms with Gasteiger partial charge in [0.05, 0.1) is 12.1 Å². The number of carbonyl (C=O) groups is 1. The highest BCUT2D eigenvalue weighted by Crippen LogP contribution is 2.23. The van der Waals surface area contributed by atoms with E-state index in [1.54, 1.807) is 32.0 Å². The Morgan fingerprint density at radius 3 is 2.33 bits per heavy atom. The molecule has 0 amide bonds. The molecule has 1 N–H and O–H groups in total. The van der Waals surface area contributed by atoms with Crippen molar-refractivity contribution < 1.29 is 9.90 Å². The number of benzene rings is 1. The fourth-order valence-electron chi connectivity index (χ4n) is 2.18. The van der Waals surface area contributed by atoms with Gasteiger partial charge in [-0.3, -0.25) is 9.36 Å². The quantitative estimate of drug-likeness (QED) is 0.941. The Labute approximate surface area is 130 Å². The molecule has 0 aliphatic heterocycles. The largest absolute Gasteiger partial charge is 0.481 e. The average Bonchev–Trinajstić information content (AvgIpc) is 2.32. The molecule has 1 aromatic carbocycles. The standard InChI is InChI=1S/C14H12Cl2N2O3/c1-7-12(6-13(19)20)8(2)18(14(21)17-7)11-4-9(15)3-10(16)5-11/h3-5H,6H2,1-2H3,(H,19,20). The third-order valence-corrected chi connectivity index (χ3v) is 3.53. The highest BCUT2D eigenvalue weighted by molar-refractivity contribution is 6.34. The van der Waals surface area contributed by atoms with Crippen molar-refractivity contribution in [1.82, 2.24) is 9.55 Å². The summed E-state index contributed by atoms with van der Waals surface area (Å²) in [6, 6.07) is 4.69. The molecule has 0 fully saturated rings. The highest BCUT2D eigenvalue weighted by atomic mass is 35.5. The first kappa shape index (κ1) is 15.5. The van der Waals surface area contributed by atoms with Crippen LogP contribution in [0.3, 0.4) is 0 Å². The zero-order valence-electron chi connectivity index (χ0n) is 11.4. The summed E-state index contributed by atoms with van der Waals surface area (Å²) in [7, 11) is 0. The summed E-state index contributed by atoms with van der Waals surface area (Å²) in [5.74, 6) is -0.989. The van der Waals surface area contributed by atoms with Crippen molar-refractivity contribution in [2.45, 2.75) is 20.3 Å². The molecule has 0 aliphatic carbocycles. The van der Waals surface area contributed by atoms with Crippen LogP contribution in [0.15, 0.2) is 23.0 Å². The molecule has 5 nitrogen and oxygen atoms in total. The lowest BCUT2D eigenvalue weighted by Crippen LogP contribution is -2.27. The Kier molecular flexibility index (Phi) is 4.34. The van der Waals surface area contributed by atoms with Crippen LogP contribution in [0, 0.1) is 13.8 Å². The maximum Gasteiger partial charge on any atom is 0.352 e. The summed E-state index contributed by atoms with van der Waals surface area (Å²) in [5.41, 5.74) is 1.36. The van der Waals surface area contributed by atoms with Crippen molar-refractivity contribution in [3.05, 3.63) is 55.7 Å². The van der Waals surface area contributed by atoms with Crippen molar-refractivity contribution in [2.24, 2.45) is 0 Å². The molecule has 0 saturated heterocycles. The SMILES string of the molecule is Cc1nc(=O)n(-c2cc(Cl)cc(Cl)c2)c(C)c1CC(=O)O. The number of carboxylic acid groups (broad SMARTS) is 1. The first-order chi connectivity index (χ1) is 9.79. The fraction of sp³-hybridized carbons (Fsp3) is 0.214.